The highest BCUT2D eigenvalue weighted by Crippen LogP contribution is 2.50. The second-order valence-corrected chi connectivity index (χ2v) is 16.7. The Bertz CT molecular complexity index is 1900. The van der Waals surface area contributed by atoms with Crippen molar-refractivity contribution < 1.29 is 22.3 Å². The number of anilines is 2. The summed E-state index contributed by atoms with van der Waals surface area (Å²) in [5.74, 6) is 0. The number of hydrogen-bond donors (Lipinski definition) is 1. The second kappa shape index (κ2) is 12.5. The van der Waals surface area contributed by atoms with Crippen LogP contribution in [0.1, 0.15) is 84.9 Å². The van der Waals surface area contributed by atoms with Gasteiger partial charge in [-0.15, -0.1) is 0 Å². The molecule has 2 aromatic carbocycles. The summed E-state index contributed by atoms with van der Waals surface area (Å²) in [5.41, 5.74) is 11.7. The highest BCUT2D eigenvalue weighted by atomic mass is 32.2. The normalized spacial score (nSPS) is 23.9. The van der Waals surface area contributed by atoms with E-state index in [9.17, 15) is 13.0 Å². The van der Waals surface area contributed by atoms with Gasteiger partial charge in [-0.25, -0.2) is 4.58 Å². The molecule has 0 bridgehead atoms. The Morgan fingerprint density at radius 1 is 0.771 bits per heavy atom. The fourth-order valence-corrected chi connectivity index (χ4v) is 8.67. The highest BCUT2D eigenvalue weighted by Gasteiger charge is 2.43. The number of aryl methyl sites for hydroxylation is 1. The lowest BCUT2D eigenvalue weighted by Gasteiger charge is -2.30. The van der Waals surface area contributed by atoms with Crippen molar-refractivity contribution in [2.24, 2.45) is 0 Å². The van der Waals surface area contributed by atoms with Gasteiger partial charge in [0.05, 0.1) is 4.90 Å². The fourth-order valence-electron chi connectivity index (χ4n) is 8.16. The van der Waals surface area contributed by atoms with Gasteiger partial charge in [0.15, 0.2) is 13.1 Å². The van der Waals surface area contributed by atoms with Gasteiger partial charge in [-0.2, -0.15) is 8.42 Å². The SMILES string of the molecule is Cc1ccc2c(c1)C(C)(C)C(=CC=C1CC/C(=C\C=C3\N(C(C)C)c4ccc(S(=O)(=O)O)cc4C3(C)C)C1=[N+]1CCOCC1)N2C(C)C. The Hall–Kier alpha value is -3.46. The van der Waals surface area contributed by atoms with Crippen LogP contribution in [0.5, 0.6) is 0 Å². The summed E-state index contributed by atoms with van der Waals surface area (Å²) in [7, 11) is -4.31. The molecule has 7 nitrogen and oxygen atoms in total. The average Bonchev–Trinajstić information content (AvgIpc) is 3.60. The number of nitrogens with zero attached hydrogens (tertiary/aromatic N) is 3. The van der Waals surface area contributed by atoms with E-state index in [-0.39, 0.29) is 16.4 Å². The van der Waals surface area contributed by atoms with Gasteiger partial charge in [0, 0.05) is 56.8 Å². The first kappa shape index (κ1) is 34.4. The van der Waals surface area contributed by atoms with E-state index in [1.54, 1.807) is 6.07 Å². The standard InChI is InChI=1S/C40H51N3O4S/c1-26(2)42-34-16-10-28(5)24-32(34)39(6,7)36(42)18-13-29-11-12-30(38(29)41-20-22-47-23-21-41)14-19-37-40(8,9)33-25-31(48(44,45)46)15-17-35(33)43(37)27(3)4/h10,13-19,24-27H,11-12,20-23H2,1-9H3/p+1. The highest BCUT2D eigenvalue weighted by molar-refractivity contribution is 7.85. The van der Waals surface area contributed by atoms with Gasteiger partial charge < -0.3 is 14.5 Å². The summed E-state index contributed by atoms with van der Waals surface area (Å²) in [5, 5.41) is 0. The number of ether oxygens (including phenoxy) is 1. The van der Waals surface area contributed by atoms with E-state index in [0.29, 0.717) is 19.3 Å². The lowest BCUT2D eigenvalue weighted by Crippen LogP contribution is -2.34. The van der Waals surface area contributed by atoms with Crippen LogP contribution >= 0.6 is 0 Å². The molecule has 0 atom stereocenters. The molecule has 2 fully saturated rings. The molecule has 48 heavy (non-hydrogen) atoms. The summed E-state index contributed by atoms with van der Waals surface area (Å²) < 4.78 is 42.2. The Kier molecular flexibility index (Phi) is 8.93. The third-order valence-electron chi connectivity index (χ3n) is 10.6. The van der Waals surface area contributed by atoms with Crippen LogP contribution in [0.25, 0.3) is 0 Å². The maximum absolute atomic E-state index is 12.0. The van der Waals surface area contributed by atoms with Crippen LogP contribution in [-0.4, -0.2) is 61.6 Å². The zero-order valence-electron chi connectivity index (χ0n) is 30.1. The van der Waals surface area contributed by atoms with Crippen molar-refractivity contribution in [3.63, 3.8) is 0 Å². The van der Waals surface area contributed by atoms with Crippen LogP contribution in [0.15, 0.2) is 88.1 Å². The summed E-state index contributed by atoms with van der Waals surface area (Å²) >= 11 is 0. The van der Waals surface area contributed by atoms with Crippen molar-refractivity contribution in [3.8, 4) is 0 Å². The van der Waals surface area contributed by atoms with Gasteiger partial charge in [-0.05, 0) is 95.0 Å². The molecule has 0 spiro atoms. The van der Waals surface area contributed by atoms with Crippen LogP contribution in [0.4, 0.5) is 11.4 Å². The smallest absolute Gasteiger partial charge is 0.294 e. The molecule has 256 valence electrons. The predicted molar refractivity (Wildman–Crippen MR) is 196 cm³/mol. The Morgan fingerprint density at radius 2 is 1.25 bits per heavy atom. The lowest BCUT2D eigenvalue weighted by molar-refractivity contribution is -0.548. The minimum atomic E-state index is -4.31. The van der Waals surface area contributed by atoms with Gasteiger partial charge in [0.2, 0.25) is 5.71 Å². The first-order valence-corrected chi connectivity index (χ1v) is 18.8. The molecule has 3 aliphatic heterocycles. The zero-order chi connectivity index (χ0) is 34.8. The molecule has 1 N–H and O–H groups in total. The van der Waals surface area contributed by atoms with E-state index in [1.807, 2.05) is 6.07 Å². The summed E-state index contributed by atoms with van der Waals surface area (Å²) in [6.07, 6.45) is 11.2. The molecule has 1 saturated heterocycles. The molecule has 0 radical (unpaired) electrons. The van der Waals surface area contributed by atoms with E-state index in [1.165, 1.54) is 45.4 Å². The van der Waals surface area contributed by atoms with E-state index < -0.39 is 15.5 Å². The molecule has 8 heteroatoms. The van der Waals surface area contributed by atoms with Crippen LogP contribution in [0.3, 0.4) is 0 Å². The number of rotatable bonds is 5. The molecule has 2 aromatic rings. The van der Waals surface area contributed by atoms with Gasteiger partial charge in [0.25, 0.3) is 10.1 Å². The van der Waals surface area contributed by atoms with Crippen molar-refractivity contribution >= 4 is 27.2 Å². The third kappa shape index (κ3) is 5.90. The maximum atomic E-state index is 12.0. The number of morpholine rings is 1. The van der Waals surface area contributed by atoms with Crippen molar-refractivity contribution in [2.45, 2.75) is 103 Å². The fraction of sp³-hybridized carbons (Fsp3) is 0.475. The van der Waals surface area contributed by atoms with Gasteiger partial charge in [0.1, 0.15) is 13.2 Å². The Morgan fingerprint density at radius 3 is 1.73 bits per heavy atom. The predicted octanol–water partition coefficient (Wildman–Crippen LogP) is 7.85. The molecular formula is C40H52N3O4S+. The maximum Gasteiger partial charge on any atom is 0.294 e. The minimum absolute atomic E-state index is 0.0695. The Balaban J connectivity index is 1.43. The van der Waals surface area contributed by atoms with Gasteiger partial charge in [-0.1, -0.05) is 57.5 Å². The summed E-state index contributed by atoms with van der Waals surface area (Å²) in [4.78, 5) is 4.73. The molecule has 0 aromatic heterocycles. The van der Waals surface area contributed by atoms with Crippen molar-refractivity contribution in [3.05, 3.63) is 99.9 Å². The molecule has 0 amide bonds. The number of hydrogen-bond acceptors (Lipinski definition) is 5. The van der Waals surface area contributed by atoms with Crippen LogP contribution in [0.2, 0.25) is 0 Å². The average molecular weight is 671 g/mol. The van der Waals surface area contributed by atoms with Crippen molar-refractivity contribution in [1.29, 1.82) is 0 Å². The van der Waals surface area contributed by atoms with Crippen molar-refractivity contribution in [2.75, 3.05) is 36.1 Å². The molecule has 4 aliphatic rings. The second-order valence-electron chi connectivity index (χ2n) is 15.3. The van der Waals surface area contributed by atoms with E-state index in [2.05, 4.69) is 119 Å². The third-order valence-corrected chi connectivity index (χ3v) is 11.5. The van der Waals surface area contributed by atoms with Crippen LogP contribution in [-0.2, 0) is 25.7 Å². The monoisotopic (exact) mass is 670 g/mol. The summed E-state index contributed by atoms with van der Waals surface area (Å²) in [6.45, 7) is 23.1. The summed E-state index contributed by atoms with van der Waals surface area (Å²) in [6, 6.07) is 12.3. The van der Waals surface area contributed by atoms with Gasteiger partial charge in [-0.3, -0.25) is 4.55 Å². The number of benzene rings is 2. The largest absolute Gasteiger partial charge is 0.368 e. The quantitative estimate of drug-likeness (QED) is 0.258. The molecule has 1 saturated carbocycles. The lowest BCUT2D eigenvalue weighted by atomic mass is 9.83. The van der Waals surface area contributed by atoms with Crippen LogP contribution < -0.4 is 9.80 Å². The minimum Gasteiger partial charge on any atom is -0.368 e. The number of allylic oxidation sites excluding steroid dienone is 8. The molecule has 0 unspecified atom stereocenters. The van der Waals surface area contributed by atoms with Gasteiger partial charge >= 0.3 is 0 Å². The first-order chi connectivity index (χ1) is 22.5. The number of fused-ring (bicyclic) bond motifs is 2. The molecule has 1 aliphatic carbocycles. The van der Waals surface area contributed by atoms with E-state index >= 15 is 0 Å². The van der Waals surface area contributed by atoms with Crippen molar-refractivity contribution in [1.82, 2.24) is 0 Å². The Labute approximate surface area is 287 Å². The zero-order valence-corrected chi connectivity index (χ0v) is 30.9. The van der Waals surface area contributed by atoms with Crippen LogP contribution in [0, 0.1) is 6.92 Å². The topological polar surface area (TPSA) is 73.1 Å². The van der Waals surface area contributed by atoms with E-state index in [0.717, 1.165) is 42.9 Å². The molecule has 6 rings (SSSR count). The molecule has 3 heterocycles. The molecular weight excluding hydrogens is 619 g/mol. The first-order valence-electron chi connectivity index (χ1n) is 17.4. The van der Waals surface area contributed by atoms with E-state index in [4.69, 9.17) is 4.74 Å².